The van der Waals surface area contributed by atoms with Crippen LogP contribution in [0.4, 0.5) is 25.8 Å². The van der Waals surface area contributed by atoms with Gasteiger partial charge >= 0.3 is 0 Å². The second kappa shape index (κ2) is 9.40. The van der Waals surface area contributed by atoms with Crippen LogP contribution in [0.15, 0.2) is 52.1 Å². The molecule has 4 aromatic rings. The van der Waals surface area contributed by atoms with E-state index in [9.17, 15) is 14.0 Å². The van der Waals surface area contributed by atoms with Crippen molar-refractivity contribution in [1.29, 1.82) is 0 Å². The van der Waals surface area contributed by atoms with E-state index in [1.165, 1.54) is 36.0 Å². The molecule has 0 atom stereocenters. The van der Waals surface area contributed by atoms with Gasteiger partial charge in [-0.05, 0) is 56.6 Å². The Labute approximate surface area is 209 Å². The van der Waals surface area contributed by atoms with E-state index in [1.807, 2.05) is 18.2 Å². The number of aromatic nitrogens is 3. The molecule has 0 amide bonds. The fraction of sp³-hybridized carbons (Fsp3) is 0.240. The Balaban J connectivity index is 1.82. The van der Waals surface area contributed by atoms with Gasteiger partial charge in [-0.25, -0.2) is 13.8 Å². The van der Waals surface area contributed by atoms with Crippen molar-refractivity contribution in [1.82, 2.24) is 19.1 Å². The Kier molecular flexibility index (Phi) is 6.27. The molecule has 1 fully saturated rings. The average molecular weight is 511 g/mol. The molecule has 11 heteroatoms. The van der Waals surface area contributed by atoms with E-state index in [4.69, 9.17) is 0 Å². The maximum absolute atomic E-state index is 15.4. The molecule has 2 heterocycles. The van der Waals surface area contributed by atoms with Gasteiger partial charge in [0.05, 0.1) is 28.3 Å². The minimum atomic E-state index is -1.16. The van der Waals surface area contributed by atoms with Gasteiger partial charge in [0, 0.05) is 30.4 Å². The second-order valence-corrected chi connectivity index (χ2v) is 9.52. The number of nitrogens with one attached hydrogen (secondary N) is 3. The largest absolute Gasteiger partial charge is 0.350 e. The third kappa shape index (κ3) is 4.24. The summed E-state index contributed by atoms with van der Waals surface area (Å²) in [5.41, 5.74) is 0.686. The first-order chi connectivity index (χ1) is 17.3. The quantitative estimate of drug-likeness (QED) is 0.313. The van der Waals surface area contributed by atoms with Crippen molar-refractivity contribution in [2.75, 3.05) is 17.1 Å². The standard InChI is InChI=1S/C25H24F2N6O2S/c1-13-7-10-18(17(26)11-13)29-22-19-23(32(3)25(35)20(22)27)21(30-33(24(19)34)16-8-9-16)14-5-4-6-15(12-14)31-36-28-2/h4-7,10-12,16,28-29,31H,8-9H2,1-3H3. The summed E-state index contributed by atoms with van der Waals surface area (Å²) in [6, 6.07) is 11.6. The normalized spacial score (nSPS) is 13.2. The number of pyridine rings is 1. The summed E-state index contributed by atoms with van der Waals surface area (Å²) in [4.78, 5) is 26.6. The van der Waals surface area contributed by atoms with Crippen molar-refractivity contribution in [3.8, 4) is 11.3 Å². The lowest BCUT2D eigenvalue weighted by atomic mass is 10.1. The number of benzene rings is 2. The summed E-state index contributed by atoms with van der Waals surface area (Å²) in [5, 5.41) is 7.27. The molecule has 0 saturated heterocycles. The highest BCUT2D eigenvalue weighted by Crippen LogP contribution is 2.37. The number of aryl methyl sites for hydroxylation is 2. The molecular formula is C25H24F2N6O2S. The molecule has 3 N–H and O–H groups in total. The Morgan fingerprint density at radius 2 is 1.86 bits per heavy atom. The summed E-state index contributed by atoms with van der Waals surface area (Å²) in [7, 11) is 3.17. The predicted octanol–water partition coefficient (Wildman–Crippen LogP) is 4.62. The van der Waals surface area contributed by atoms with E-state index in [1.54, 1.807) is 26.1 Å². The Bertz CT molecular complexity index is 1610. The van der Waals surface area contributed by atoms with E-state index < -0.39 is 22.8 Å². The molecular weight excluding hydrogens is 486 g/mol. The van der Waals surface area contributed by atoms with Crippen LogP contribution < -0.4 is 25.9 Å². The zero-order chi connectivity index (χ0) is 25.6. The molecule has 8 nitrogen and oxygen atoms in total. The fourth-order valence-corrected chi connectivity index (χ4v) is 4.47. The average Bonchev–Trinajstić information content (AvgIpc) is 3.71. The van der Waals surface area contributed by atoms with Crippen LogP contribution in [0.3, 0.4) is 0 Å². The van der Waals surface area contributed by atoms with Crippen molar-refractivity contribution in [2.24, 2.45) is 7.05 Å². The van der Waals surface area contributed by atoms with Gasteiger partial charge in [0.2, 0.25) is 5.82 Å². The summed E-state index contributed by atoms with van der Waals surface area (Å²) >= 11 is 1.28. The molecule has 2 aromatic carbocycles. The van der Waals surface area contributed by atoms with E-state index in [0.29, 0.717) is 16.8 Å². The summed E-state index contributed by atoms with van der Waals surface area (Å²) in [6.45, 7) is 1.73. The highest BCUT2D eigenvalue weighted by molar-refractivity contribution is 7.98. The van der Waals surface area contributed by atoms with Crippen LogP contribution in [0.2, 0.25) is 0 Å². The molecule has 1 aliphatic rings. The molecule has 0 radical (unpaired) electrons. The van der Waals surface area contributed by atoms with Gasteiger partial charge in [-0.15, -0.1) is 0 Å². The van der Waals surface area contributed by atoms with Gasteiger partial charge in [-0.2, -0.15) is 9.49 Å². The van der Waals surface area contributed by atoms with E-state index in [0.717, 1.165) is 23.1 Å². The lowest BCUT2D eigenvalue weighted by molar-refractivity contribution is 0.590. The van der Waals surface area contributed by atoms with Crippen LogP contribution >= 0.6 is 12.1 Å². The summed E-state index contributed by atoms with van der Waals surface area (Å²) in [5.74, 6) is -1.79. The van der Waals surface area contributed by atoms with E-state index in [-0.39, 0.29) is 28.3 Å². The van der Waals surface area contributed by atoms with Crippen LogP contribution in [0.1, 0.15) is 24.4 Å². The maximum Gasteiger partial charge on any atom is 0.289 e. The number of fused-ring (bicyclic) bond motifs is 1. The summed E-state index contributed by atoms with van der Waals surface area (Å²) < 4.78 is 38.6. The zero-order valence-electron chi connectivity index (χ0n) is 19.9. The molecule has 0 bridgehead atoms. The van der Waals surface area contributed by atoms with Crippen LogP contribution in [-0.2, 0) is 7.05 Å². The topological polar surface area (TPSA) is 93.0 Å². The second-order valence-electron chi connectivity index (χ2n) is 8.70. The number of anilines is 3. The number of halogens is 2. The monoisotopic (exact) mass is 510 g/mol. The van der Waals surface area contributed by atoms with Crippen molar-refractivity contribution < 1.29 is 8.78 Å². The molecule has 5 rings (SSSR count). The molecule has 1 saturated carbocycles. The highest BCUT2D eigenvalue weighted by atomic mass is 32.2. The first-order valence-corrected chi connectivity index (χ1v) is 12.2. The Hall–Kier alpha value is -3.70. The predicted molar refractivity (Wildman–Crippen MR) is 140 cm³/mol. The van der Waals surface area contributed by atoms with Gasteiger partial charge in [0.25, 0.3) is 11.1 Å². The van der Waals surface area contributed by atoms with Gasteiger partial charge in [0.1, 0.15) is 11.5 Å². The molecule has 0 aliphatic heterocycles. The first kappa shape index (κ1) is 24.0. The Morgan fingerprint density at radius 1 is 1.08 bits per heavy atom. The van der Waals surface area contributed by atoms with Crippen molar-refractivity contribution >= 4 is 40.1 Å². The van der Waals surface area contributed by atoms with E-state index >= 15 is 4.39 Å². The van der Waals surface area contributed by atoms with Crippen molar-refractivity contribution in [3.63, 3.8) is 0 Å². The van der Waals surface area contributed by atoms with Crippen molar-refractivity contribution in [2.45, 2.75) is 25.8 Å². The third-order valence-electron chi connectivity index (χ3n) is 6.07. The first-order valence-electron chi connectivity index (χ1n) is 11.4. The zero-order valence-corrected chi connectivity index (χ0v) is 20.7. The number of nitrogens with zero attached hydrogens (tertiary/aromatic N) is 3. The molecule has 1 aliphatic carbocycles. The fourth-order valence-electron chi connectivity index (χ4n) is 4.13. The molecule has 186 valence electrons. The number of hydrogen-bond donors (Lipinski definition) is 3. The summed E-state index contributed by atoms with van der Waals surface area (Å²) in [6.07, 6.45) is 1.53. The molecule has 2 aromatic heterocycles. The smallest absolute Gasteiger partial charge is 0.289 e. The SMILES string of the molecule is CNSNc1cccc(-c2nn(C3CC3)c(=O)c3c(Nc4ccc(C)cc4F)c(F)c(=O)n(C)c23)c1. The minimum absolute atomic E-state index is 0.0416. The minimum Gasteiger partial charge on any atom is -0.350 e. The van der Waals surface area contributed by atoms with Crippen LogP contribution in [-0.4, -0.2) is 21.4 Å². The van der Waals surface area contributed by atoms with E-state index in [2.05, 4.69) is 19.9 Å². The van der Waals surface area contributed by atoms with Crippen LogP contribution in [0.5, 0.6) is 0 Å². The van der Waals surface area contributed by atoms with Gasteiger partial charge < -0.3 is 14.6 Å². The van der Waals surface area contributed by atoms with Crippen LogP contribution in [0, 0.1) is 18.6 Å². The third-order valence-corrected chi connectivity index (χ3v) is 6.61. The number of hydrogen-bond acceptors (Lipinski definition) is 7. The Morgan fingerprint density at radius 3 is 2.56 bits per heavy atom. The maximum atomic E-state index is 15.4. The highest BCUT2D eigenvalue weighted by Gasteiger charge is 2.31. The van der Waals surface area contributed by atoms with Crippen LogP contribution in [0.25, 0.3) is 22.2 Å². The molecule has 0 unspecified atom stereocenters. The van der Waals surface area contributed by atoms with Crippen molar-refractivity contribution in [3.05, 3.63) is 80.4 Å². The molecule has 36 heavy (non-hydrogen) atoms. The number of rotatable bonds is 7. The lowest BCUT2D eigenvalue weighted by Gasteiger charge is -2.18. The lowest BCUT2D eigenvalue weighted by Crippen LogP contribution is -2.30. The molecule has 0 spiro atoms. The van der Waals surface area contributed by atoms with Gasteiger partial charge in [-0.1, -0.05) is 18.2 Å². The van der Waals surface area contributed by atoms with Gasteiger partial charge in [0.15, 0.2) is 0 Å². The van der Waals surface area contributed by atoms with Gasteiger partial charge in [-0.3, -0.25) is 9.59 Å².